The van der Waals surface area contributed by atoms with E-state index in [0.29, 0.717) is 27.7 Å². The van der Waals surface area contributed by atoms with Gasteiger partial charge in [-0.15, -0.1) is 10.2 Å². The van der Waals surface area contributed by atoms with Crippen molar-refractivity contribution in [3.63, 3.8) is 0 Å². The van der Waals surface area contributed by atoms with Crippen LogP contribution in [0.4, 0.5) is 5.69 Å². The molecule has 2 N–H and O–H groups in total. The third-order valence-electron chi connectivity index (χ3n) is 4.96. The molecule has 8 nitrogen and oxygen atoms in total. The number of nitrogens with one attached hydrogen (secondary N) is 2. The molecule has 4 aromatic rings. The molecule has 0 saturated carbocycles. The van der Waals surface area contributed by atoms with E-state index in [1.807, 2.05) is 63.4 Å². The molecule has 1 amide bonds. The van der Waals surface area contributed by atoms with Crippen molar-refractivity contribution in [3.05, 3.63) is 76.1 Å². The summed E-state index contributed by atoms with van der Waals surface area (Å²) < 4.78 is 1.79. The van der Waals surface area contributed by atoms with Crippen molar-refractivity contribution in [1.82, 2.24) is 24.7 Å². The fourth-order valence-corrected chi connectivity index (χ4v) is 4.05. The van der Waals surface area contributed by atoms with Gasteiger partial charge in [0.2, 0.25) is 5.91 Å². The smallest absolute Gasteiger partial charge is 0.258 e. The van der Waals surface area contributed by atoms with Crippen molar-refractivity contribution in [2.24, 2.45) is 7.05 Å². The number of hydrogen-bond acceptors (Lipinski definition) is 6. The molecule has 0 spiro atoms. The van der Waals surface area contributed by atoms with E-state index < -0.39 is 0 Å². The number of amides is 1. The number of anilines is 1. The van der Waals surface area contributed by atoms with Crippen molar-refractivity contribution in [2.75, 3.05) is 5.32 Å². The van der Waals surface area contributed by atoms with Crippen molar-refractivity contribution in [1.29, 1.82) is 0 Å². The second-order valence-corrected chi connectivity index (χ2v) is 8.53. The fourth-order valence-electron chi connectivity index (χ4n) is 3.16. The highest BCUT2D eigenvalue weighted by atomic mass is 32.2. The zero-order chi connectivity index (χ0) is 22.0. The van der Waals surface area contributed by atoms with E-state index in [1.54, 1.807) is 10.6 Å². The second-order valence-electron chi connectivity index (χ2n) is 7.23. The maximum Gasteiger partial charge on any atom is 0.258 e. The predicted octanol–water partition coefficient (Wildman–Crippen LogP) is 3.39. The molecule has 2 aromatic carbocycles. The Balaban J connectivity index is 1.47. The standard InChI is InChI=1S/C22H22N6O2S/c1-13-8-4-6-10-16(13)23-19(29)12-18-26-27-22(28(18)3)31-14(2)20-24-17-11-7-5-9-15(17)21(30)25-20/h4-11,14H,12H2,1-3H3,(H,23,29)(H,24,25,30)/t14-/m1/s1. The van der Waals surface area contributed by atoms with E-state index in [9.17, 15) is 9.59 Å². The number of hydrogen-bond donors (Lipinski definition) is 2. The number of fused-ring (bicyclic) bond motifs is 1. The zero-order valence-corrected chi connectivity index (χ0v) is 18.2. The van der Waals surface area contributed by atoms with Crippen LogP contribution in [0.25, 0.3) is 10.9 Å². The molecule has 0 aliphatic heterocycles. The lowest BCUT2D eigenvalue weighted by atomic mass is 10.2. The summed E-state index contributed by atoms with van der Waals surface area (Å²) in [6.07, 6.45) is 0.109. The molecule has 0 aliphatic carbocycles. The summed E-state index contributed by atoms with van der Waals surface area (Å²) in [5, 5.41) is 12.3. The van der Waals surface area contributed by atoms with Crippen LogP contribution in [0.3, 0.4) is 0 Å². The molecule has 9 heteroatoms. The number of para-hydroxylation sites is 2. The minimum atomic E-state index is -0.167. The van der Waals surface area contributed by atoms with Gasteiger partial charge < -0.3 is 14.9 Å². The first-order valence-corrected chi connectivity index (χ1v) is 10.7. The Morgan fingerprint density at radius 3 is 2.71 bits per heavy atom. The Hall–Kier alpha value is -3.46. The molecule has 0 bridgehead atoms. The SMILES string of the molecule is Cc1ccccc1NC(=O)Cc1nnc(S[C@H](C)c2nc3ccccc3c(=O)[nH]2)n1C. The van der Waals surface area contributed by atoms with Gasteiger partial charge >= 0.3 is 0 Å². The molecular weight excluding hydrogens is 412 g/mol. The number of carbonyl (C=O) groups excluding carboxylic acids is 1. The predicted molar refractivity (Wildman–Crippen MR) is 121 cm³/mol. The molecule has 0 saturated heterocycles. The number of rotatable bonds is 6. The summed E-state index contributed by atoms with van der Waals surface area (Å²) in [4.78, 5) is 32.2. The second kappa shape index (κ2) is 8.73. The molecule has 0 fully saturated rings. The van der Waals surface area contributed by atoms with Crippen molar-refractivity contribution >= 4 is 34.3 Å². The number of aromatic amines is 1. The van der Waals surface area contributed by atoms with Gasteiger partial charge in [0.25, 0.3) is 5.56 Å². The van der Waals surface area contributed by atoms with Crippen molar-refractivity contribution in [3.8, 4) is 0 Å². The van der Waals surface area contributed by atoms with E-state index in [0.717, 1.165) is 11.3 Å². The summed E-state index contributed by atoms with van der Waals surface area (Å²) in [5.74, 6) is 0.964. The zero-order valence-electron chi connectivity index (χ0n) is 17.4. The maximum absolute atomic E-state index is 12.5. The van der Waals surface area contributed by atoms with Crippen LogP contribution >= 0.6 is 11.8 Å². The van der Waals surface area contributed by atoms with Crippen LogP contribution in [-0.2, 0) is 18.3 Å². The van der Waals surface area contributed by atoms with E-state index >= 15 is 0 Å². The third kappa shape index (κ3) is 4.51. The minimum Gasteiger partial charge on any atom is -0.325 e. The largest absolute Gasteiger partial charge is 0.325 e. The number of benzene rings is 2. The van der Waals surface area contributed by atoms with Crippen LogP contribution in [0, 0.1) is 6.92 Å². The molecule has 158 valence electrons. The molecule has 2 aromatic heterocycles. The van der Waals surface area contributed by atoms with Crippen LogP contribution in [-0.4, -0.2) is 30.6 Å². The highest BCUT2D eigenvalue weighted by Gasteiger charge is 2.18. The highest BCUT2D eigenvalue weighted by molar-refractivity contribution is 7.99. The summed E-state index contributed by atoms with van der Waals surface area (Å²) in [6.45, 7) is 3.89. The van der Waals surface area contributed by atoms with Crippen molar-refractivity contribution < 1.29 is 4.79 Å². The summed E-state index contributed by atoms with van der Waals surface area (Å²) in [6, 6.07) is 14.9. The number of aromatic nitrogens is 5. The first-order chi connectivity index (χ1) is 14.9. The van der Waals surface area contributed by atoms with Gasteiger partial charge in [-0.1, -0.05) is 42.1 Å². The van der Waals surface area contributed by atoms with E-state index in [1.165, 1.54) is 11.8 Å². The molecule has 0 unspecified atom stereocenters. The fraction of sp³-hybridized carbons (Fsp3) is 0.227. The van der Waals surface area contributed by atoms with E-state index in [-0.39, 0.29) is 23.1 Å². The van der Waals surface area contributed by atoms with E-state index in [4.69, 9.17) is 0 Å². The molecule has 0 aliphatic rings. The quantitative estimate of drug-likeness (QED) is 0.451. The van der Waals surface area contributed by atoms with Gasteiger partial charge in [0.05, 0.1) is 22.6 Å². The van der Waals surface area contributed by atoms with Crippen LogP contribution in [0.1, 0.15) is 29.4 Å². The van der Waals surface area contributed by atoms with Crippen LogP contribution in [0.15, 0.2) is 58.5 Å². The lowest BCUT2D eigenvalue weighted by Gasteiger charge is -2.11. The third-order valence-corrected chi connectivity index (χ3v) is 6.10. The lowest BCUT2D eigenvalue weighted by Crippen LogP contribution is -2.17. The Labute approximate surface area is 183 Å². The lowest BCUT2D eigenvalue weighted by molar-refractivity contribution is -0.115. The van der Waals surface area contributed by atoms with Gasteiger partial charge in [-0.25, -0.2) is 4.98 Å². The molecule has 0 radical (unpaired) electrons. The summed E-state index contributed by atoms with van der Waals surface area (Å²) in [5.41, 5.74) is 2.26. The first kappa shape index (κ1) is 20.8. The molecule has 2 heterocycles. The molecule has 31 heavy (non-hydrogen) atoms. The average Bonchev–Trinajstić information content (AvgIpc) is 3.09. The van der Waals surface area contributed by atoms with E-state index in [2.05, 4.69) is 25.5 Å². The summed E-state index contributed by atoms with van der Waals surface area (Å²) in [7, 11) is 1.82. The number of thioether (sulfide) groups is 1. The number of carbonyl (C=O) groups is 1. The first-order valence-electron chi connectivity index (χ1n) is 9.81. The number of H-pyrrole nitrogens is 1. The monoisotopic (exact) mass is 434 g/mol. The van der Waals surface area contributed by atoms with Gasteiger partial charge in [-0.3, -0.25) is 9.59 Å². The van der Waals surface area contributed by atoms with Gasteiger partial charge in [0, 0.05) is 12.7 Å². The maximum atomic E-state index is 12.5. The topological polar surface area (TPSA) is 106 Å². The Morgan fingerprint density at radius 1 is 1.16 bits per heavy atom. The Bertz CT molecular complexity index is 1310. The van der Waals surface area contributed by atoms with Crippen LogP contribution < -0.4 is 10.9 Å². The van der Waals surface area contributed by atoms with Gasteiger partial charge in [0.15, 0.2) is 5.16 Å². The van der Waals surface area contributed by atoms with Crippen molar-refractivity contribution in [2.45, 2.75) is 30.7 Å². The summed E-state index contributed by atoms with van der Waals surface area (Å²) >= 11 is 1.42. The Kier molecular flexibility index (Phi) is 5.85. The van der Waals surface area contributed by atoms with Crippen LogP contribution in [0.5, 0.6) is 0 Å². The molecule has 1 atom stereocenters. The molecular formula is C22H22N6O2S. The van der Waals surface area contributed by atoms with Gasteiger partial charge in [-0.2, -0.15) is 0 Å². The van der Waals surface area contributed by atoms with Crippen LogP contribution in [0.2, 0.25) is 0 Å². The molecule has 4 rings (SSSR count). The highest BCUT2D eigenvalue weighted by Crippen LogP contribution is 2.31. The van der Waals surface area contributed by atoms with Gasteiger partial charge in [0.1, 0.15) is 11.6 Å². The number of aryl methyl sites for hydroxylation is 1. The number of nitrogens with zero attached hydrogens (tertiary/aromatic N) is 4. The Morgan fingerprint density at radius 2 is 1.90 bits per heavy atom. The average molecular weight is 435 g/mol. The normalized spacial score (nSPS) is 12.1. The minimum absolute atomic E-state index is 0.109. The van der Waals surface area contributed by atoms with Gasteiger partial charge in [-0.05, 0) is 37.6 Å².